The van der Waals surface area contributed by atoms with Crippen LogP contribution in [0, 0.1) is 0 Å². The molecule has 1 saturated carbocycles. The topological polar surface area (TPSA) is 47.6 Å². The first-order valence-corrected chi connectivity index (χ1v) is 17.6. The normalized spacial score (nSPS) is 23.2. The number of fused-ring (bicyclic) bond motifs is 2. The smallest absolute Gasteiger partial charge is 0.331 e. The predicted octanol–water partition coefficient (Wildman–Crippen LogP) is 9.49. The molecule has 4 nitrogen and oxygen atoms in total. The maximum Gasteiger partial charge on any atom is 0.331 e. The number of carbonyl (C=O) groups is 1. The van der Waals surface area contributed by atoms with Crippen LogP contribution in [0.3, 0.4) is 0 Å². The molecule has 2 aliphatic carbocycles. The fraction of sp³-hybridized carbons (Fsp3) is 0.559. The van der Waals surface area contributed by atoms with Crippen molar-refractivity contribution in [2.75, 3.05) is 19.0 Å². The minimum Gasteiger partial charge on any atom is -0.467 e. The first-order valence-electron chi connectivity index (χ1n) is 15.1. The van der Waals surface area contributed by atoms with E-state index in [4.69, 9.17) is 20.8 Å². The number of benzene rings is 2. The number of halogens is 2. The van der Waals surface area contributed by atoms with E-state index in [0.717, 1.165) is 29.7 Å². The molecule has 0 heterocycles. The van der Waals surface area contributed by atoms with Gasteiger partial charge in [0, 0.05) is 22.5 Å². The Balaban J connectivity index is 1.57. The van der Waals surface area contributed by atoms with Crippen molar-refractivity contribution in [3.05, 3.63) is 70.3 Å². The third kappa shape index (κ3) is 6.02. The predicted molar refractivity (Wildman–Crippen MR) is 171 cm³/mol. The lowest BCUT2D eigenvalue weighted by molar-refractivity contribution is -0.147. The van der Waals surface area contributed by atoms with Gasteiger partial charge in [-0.3, -0.25) is 0 Å². The van der Waals surface area contributed by atoms with E-state index in [9.17, 15) is 4.79 Å². The summed E-state index contributed by atoms with van der Waals surface area (Å²) in [5.41, 5.74) is 4.34. The lowest BCUT2D eigenvalue weighted by Gasteiger charge is -2.46. The summed E-state index contributed by atoms with van der Waals surface area (Å²) in [5, 5.41) is 4.08. The maximum absolute atomic E-state index is 16.0. The van der Waals surface area contributed by atoms with Gasteiger partial charge in [-0.05, 0) is 71.6 Å². The fourth-order valence-electron chi connectivity index (χ4n) is 7.96. The van der Waals surface area contributed by atoms with Crippen LogP contribution in [0.25, 0.3) is 6.08 Å². The second-order valence-corrected chi connectivity index (χ2v) is 18.9. The van der Waals surface area contributed by atoms with Crippen LogP contribution in [-0.2, 0) is 19.4 Å². The number of nitrogens with one attached hydrogen (secondary N) is 1. The van der Waals surface area contributed by atoms with Crippen LogP contribution in [-0.4, -0.2) is 39.7 Å². The summed E-state index contributed by atoms with van der Waals surface area (Å²) in [4.78, 5) is 13.2. The molecule has 0 bridgehead atoms. The van der Waals surface area contributed by atoms with Gasteiger partial charge in [-0.1, -0.05) is 95.1 Å². The SMILES string of the molecule is COC(=O)C1(Nc2cccc(Cl)c2)CCC2(CC1)C(CC(F)CO[Si](C(C)C)(C(C)C)C(C)C)=Cc1ccccc12. The van der Waals surface area contributed by atoms with Gasteiger partial charge >= 0.3 is 5.97 Å². The summed E-state index contributed by atoms with van der Waals surface area (Å²) in [6, 6.07) is 15.8. The molecule has 2 aliphatic rings. The number of alkyl halides is 1. The van der Waals surface area contributed by atoms with Crippen LogP contribution in [0.1, 0.15) is 84.8 Å². The van der Waals surface area contributed by atoms with Gasteiger partial charge in [0.05, 0.1) is 13.7 Å². The first kappa shape index (κ1) is 31.8. The molecule has 7 heteroatoms. The van der Waals surface area contributed by atoms with Crippen LogP contribution in [0.4, 0.5) is 10.1 Å². The number of ether oxygens (including phenoxy) is 1. The van der Waals surface area contributed by atoms with E-state index in [1.807, 2.05) is 30.3 Å². The van der Waals surface area contributed by atoms with Crippen molar-refractivity contribution < 1.29 is 18.3 Å². The quantitative estimate of drug-likeness (QED) is 0.206. The lowest BCUT2D eigenvalue weighted by atomic mass is 9.61. The molecule has 1 spiro atoms. The Morgan fingerprint density at radius 2 is 1.61 bits per heavy atom. The van der Waals surface area contributed by atoms with E-state index >= 15 is 4.39 Å². The summed E-state index contributed by atoms with van der Waals surface area (Å²) in [7, 11) is -0.726. The molecule has 4 rings (SSSR count). The fourth-order valence-corrected chi connectivity index (χ4v) is 13.6. The molecule has 1 N–H and O–H groups in total. The number of rotatable bonds is 11. The molecule has 1 atom stereocenters. The van der Waals surface area contributed by atoms with Gasteiger partial charge < -0.3 is 14.5 Å². The second kappa shape index (κ2) is 12.6. The highest BCUT2D eigenvalue weighted by molar-refractivity contribution is 6.77. The molecule has 0 aliphatic heterocycles. The van der Waals surface area contributed by atoms with Gasteiger partial charge in [0.1, 0.15) is 11.7 Å². The molecule has 0 aromatic heterocycles. The average molecular weight is 600 g/mol. The third-order valence-electron chi connectivity index (χ3n) is 9.82. The molecule has 2 aromatic carbocycles. The standard InChI is InChI=1S/C34H47ClFNO3Si/c1-23(2)41(24(3)4,25(5)6)40-22-29(36)20-27-19-26-11-8-9-14-31(26)33(27)15-17-34(18-16-33,32(38)39-7)37-30-13-10-12-28(35)21-30/h8-14,19,21,23-25,29,37H,15-18,20,22H2,1-7H3. The maximum atomic E-state index is 16.0. The first-order chi connectivity index (χ1) is 19.4. The Kier molecular flexibility index (Phi) is 9.77. The van der Waals surface area contributed by atoms with E-state index in [-0.39, 0.29) is 18.0 Å². The van der Waals surface area contributed by atoms with Gasteiger partial charge in [0.2, 0.25) is 0 Å². The van der Waals surface area contributed by atoms with Gasteiger partial charge in [-0.15, -0.1) is 0 Å². The zero-order valence-corrected chi connectivity index (χ0v) is 27.5. The van der Waals surface area contributed by atoms with Crippen LogP contribution < -0.4 is 5.32 Å². The zero-order valence-electron chi connectivity index (χ0n) is 25.7. The second-order valence-electron chi connectivity index (χ2n) is 13.0. The Labute approximate surface area is 252 Å². The van der Waals surface area contributed by atoms with Crippen molar-refractivity contribution in [3.8, 4) is 0 Å². The van der Waals surface area contributed by atoms with Gasteiger partial charge in [0.15, 0.2) is 8.32 Å². The number of anilines is 1. The molecule has 0 saturated heterocycles. The number of allylic oxidation sites excluding steroid dienone is 1. The molecule has 0 radical (unpaired) electrons. The van der Waals surface area contributed by atoms with E-state index in [2.05, 4.69) is 71.1 Å². The monoisotopic (exact) mass is 599 g/mol. The van der Waals surface area contributed by atoms with Gasteiger partial charge in [0.25, 0.3) is 0 Å². The molecule has 1 fully saturated rings. The van der Waals surface area contributed by atoms with Crippen LogP contribution in [0.5, 0.6) is 0 Å². The minimum absolute atomic E-state index is 0.132. The molecular formula is C34H47ClFNO3Si. The van der Waals surface area contributed by atoms with E-state index < -0.39 is 20.0 Å². The summed E-state index contributed by atoms with van der Waals surface area (Å²) >= 11 is 6.24. The Morgan fingerprint density at radius 1 is 0.976 bits per heavy atom. The van der Waals surface area contributed by atoms with Crippen molar-refractivity contribution in [1.29, 1.82) is 0 Å². The summed E-state index contributed by atoms with van der Waals surface area (Å²) < 4.78 is 27.9. The average Bonchev–Trinajstić information content (AvgIpc) is 3.21. The zero-order chi connectivity index (χ0) is 30.0. The summed E-state index contributed by atoms with van der Waals surface area (Å²) in [5.74, 6) is -0.279. The molecule has 2 aromatic rings. The lowest BCUT2D eigenvalue weighted by Crippen LogP contribution is -2.53. The van der Waals surface area contributed by atoms with Crippen molar-refractivity contribution in [3.63, 3.8) is 0 Å². The Bertz CT molecular complexity index is 1230. The number of carbonyl (C=O) groups excluding carboxylic acids is 1. The van der Waals surface area contributed by atoms with Crippen molar-refractivity contribution in [2.45, 2.75) is 107 Å². The summed E-state index contributed by atoms with van der Waals surface area (Å²) in [6.45, 7) is 13.5. The highest BCUT2D eigenvalue weighted by atomic mass is 35.5. The summed E-state index contributed by atoms with van der Waals surface area (Å²) in [6.07, 6.45) is 4.00. The van der Waals surface area contributed by atoms with Crippen molar-refractivity contribution in [1.82, 2.24) is 0 Å². The van der Waals surface area contributed by atoms with E-state index in [1.165, 1.54) is 12.7 Å². The van der Waals surface area contributed by atoms with Gasteiger partial charge in [-0.25, -0.2) is 9.18 Å². The largest absolute Gasteiger partial charge is 0.467 e. The van der Waals surface area contributed by atoms with Crippen LogP contribution in [0.2, 0.25) is 21.6 Å². The number of hydrogen-bond donors (Lipinski definition) is 1. The molecule has 0 amide bonds. The van der Waals surface area contributed by atoms with Crippen LogP contribution in [0.15, 0.2) is 54.1 Å². The minimum atomic E-state index is -2.16. The van der Waals surface area contributed by atoms with Crippen molar-refractivity contribution in [2.24, 2.45) is 0 Å². The highest BCUT2D eigenvalue weighted by Crippen LogP contribution is 2.55. The number of methoxy groups -OCH3 is 1. The molecule has 41 heavy (non-hydrogen) atoms. The molecule has 224 valence electrons. The van der Waals surface area contributed by atoms with Gasteiger partial charge in [-0.2, -0.15) is 0 Å². The molecular weight excluding hydrogens is 553 g/mol. The van der Waals surface area contributed by atoms with Crippen molar-refractivity contribution >= 4 is 37.7 Å². The number of esters is 1. The highest BCUT2D eigenvalue weighted by Gasteiger charge is 2.52. The van der Waals surface area contributed by atoms with Crippen LogP contribution >= 0.6 is 11.6 Å². The third-order valence-corrected chi connectivity index (χ3v) is 16.1. The van der Waals surface area contributed by atoms with E-state index in [0.29, 0.717) is 40.9 Å². The Hall–Kier alpha value is -2.15. The Morgan fingerprint density at radius 3 is 2.20 bits per heavy atom. The molecule has 1 unspecified atom stereocenters. The van der Waals surface area contributed by atoms with E-state index in [1.54, 1.807) is 0 Å². The number of hydrogen-bond acceptors (Lipinski definition) is 4.